The average Bonchev–Trinajstić information content (AvgIpc) is 2.18. The number of hydrogen-bond acceptors (Lipinski definition) is 1. The van der Waals surface area contributed by atoms with Gasteiger partial charge in [0.05, 0.1) is 6.20 Å². The molecule has 2 atom stereocenters. The predicted molar refractivity (Wildman–Crippen MR) is 60.2 cm³/mol. The van der Waals surface area contributed by atoms with Gasteiger partial charge in [-0.3, -0.25) is 4.98 Å². The SMILES string of the molecule is CCCC(Br)C(C)c1ccc(F)cn1. The number of pyridine rings is 1. The second-order valence-electron chi connectivity index (χ2n) is 3.49. The predicted octanol–water partition coefficient (Wildman–Crippen LogP) is 3.89. The fourth-order valence-electron chi connectivity index (χ4n) is 1.37. The summed E-state index contributed by atoms with van der Waals surface area (Å²) in [5, 5.41) is 0. The van der Waals surface area contributed by atoms with E-state index < -0.39 is 0 Å². The Morgan fingerprint density at radius 2 is 2.21 bits per heavy atom. The molecule has 0 saturated carbocycles. The van der Waals surface area contributed by atoms with E-state index >= 15 is 0 Å². The Hall–Kier alpha value is -0.440. The molecule has 0 aliphatic rings. The molecule has 1 aromatic rings. The minimum Gasteiger partial charge on any atom is -0.258 e. The average molecular weight is 260 g/mol. The van der Waals surface area contributed by atoms with Crippen LogP contribution in [-0.2, 0) is 0 Å². The Morgan fingerprint density at radius 3 is 2.71 bits per heavy atom. The maximum atomic E-state index is 12.6. The first-order chi connectivity index (χ1) is 6.65. The molecular weight excluding hydrogens is 245 g/mol. The van der Waals surface area contributed by atoms with Gasteiger partial charge >= 0.3 is 0 Å². The van der Waals surface area contributed by atoms with Crippen molar-refractivity contribution in [1.29, 1.82) is 0 Å². The molecule has 0 fully saturated rings. The third-order valence-electron chi connectivity index (χ3n) is 2.32. The summed E-state index contributed by atoms with van der Waals surface area (Å²) in [5.41, 5.74) is 0.946. The molecule has 0 radical (unpaired) electrons. The van der Waals surface area contributed by atoms with Crippen LogP contribution in [0.4, 0.5) is 4.39 Å². The fraction of sp³-hybridized carbons (Fsp3) is 0.545. The molecule has 0 saturated heterocycles. The summed E-state index contributed by atoms with van der Waals surface area (Å²) in [4.78, 5) is 4.50. The van der Waals surface area contributed by atoms with Crippen LogP contribution in [0.2, 0.25) is 0 Å². The smallest absolute Gasteiger partial charge is 0.141 e. The highest BCUT2D eigenvalue weighted by Gasteiger charge is 2.15. The van der Waals surface area contributed by atoms with E-state index in [4.69, 9.17) is 0 Å². The van der Waals surface area contributed by atoms with Crippen LogP contribution in [0.3, 0.4) is 0 Å². The van der Waals surface area contributed by atoms with Gasteiger partial charge in [0.25, 0.3) is 0 Å². The van der Waals surface area contributed by atoms with Crippen molar-refractivity contribution >= 4 is 15.9 Å². The highest BCUT2D eigenvalue weighted by Crippen LogP contribution is 2.26. The molecule has 0 aliphatic heterocycles. The largest absolute Gasteiger partial charge is 0.258 e. The van der Waals surface area contributed by atoms with E-state index in [1.165, 1.54) is 12.3 Å². The van der Waals surface area contributed by atoms with Crippen molar-refractivity contribution in [3.05, 3.63) is 29.8 Å². The van der Waals surface area contributed by atoms with Crippen LogP contribution in [0.5, 0.6) is 0 Å². The van der Waals surface area contributed by atoms with Crippen LogP contribution in [0, 0.1) is 5.82 Å². The minimum atomic E-state index is -0.275. The Bertz CT molecular complexity index is 273. The monoisotopic (exact) mass is 259 g/mol. The summed E-state index contributed by atoms with van der Waals surface area (Å²) < 4.78 is 12.6. The molecule has 1 rings (SSSR count). The van der Waals surface area contributed by atoms with E-state index in [-0.39, 0.29) is 5.82 Å². The topological polar surface area (TPSA) is 12.9 Å². The lowest BCUT2D eigenvalue weighted by molar-refractivity contribution is 0.605. The Kier molecular flexibility index (Phi) is 4.52. The molecular formula is C11H15BrFN. The van der Waals surface area contributed by atoms with Crippen molar-refractivity contribution in [3.63, 3.8) is 0 Å². The molecule has 78 valence electrons. The van der Waals surface area contributed by atoms with E-state index in [0.29, 0.717) is 10.7 Å². The zero-order valence-corrected chi connectivity index (χ0v) is 10.1. The lowest BCUT2D eigenvalue weighted by atomic mass is 10.00. The van der Waals surface area contributed by atoms with Crippen LogP contribution in [0.25, 0.3) is 0 Å². The molecule has 14 heavy (non-hydrogen) atoms. The normalized spacial score (nSPS) is 15.1. The van der Waals surface area contributed by atoms with Gasteiger partial charge in [-0.15, -0.1) is 0 Å². The molecule has 0 amide bonds. The maximum Gasteiger partial charge on any atom is 0.141 e. The number of nitrogens with zero attached hydrogens (tertiary/aromatic N) is 1. The first kappa shape index (κ1) is 11.6. The molecule has 1 nitrogen and oxygen atoms in total. The standard InChI is InChI=1S/C11H15BrFN/c1-3-4-10(12)8(2)11-6-5-9(13)7-14-11/h5-8,10H,3-4H2,1-2H3. The second-order valence-corrected chi connectivity index (χ2v) is 4.67. The van der Waals surface area contributed by atoms with Gasteiger partial charge in [-0.05, 0) is 18.6 Å². The summed E-state index contributed by atoms with van der Waals surface area (Å²) in [6.45, 7) is 4.26. The molecule has 0 spiro atoms. The van der Waals surface area contributed by atoms with Gasteiger partial charge < -0.3 is 0 Å². The number of halogens is 2. The summed E-state index contributed by atoms with van der Waals surface area (Å²) >= 11 is 3.62. The van der Waals surface area contributed by atoms with Gasteiger partial charge in [-0.2, -0.15) is 0 Å². The van der Waals surface area contributed by atoms with E-state index in [1.807, 2.05) is 0 Å². The van der Waals surface area contributed by atoms with Crippen LogP contribution in [0.15, 0.2) is 18.3 Å². The van der Waals surface area contributed by atoms with E-state index in [2.05, 4.69) is 34.8 Å². The molecule has 0 aliphatic carbocycles. The number of aromatic nitrogens is 1. The van der Waals surface area contributed by atoms with Crippen molar-refractivity contribution in [1.82, 2.24) is 4.98 Å². The molecule has 0 aromatic carbocycles. The van der Waals surface area contributed by atoms with Crippen LogP contribution in [-0.4, -0.2) is 9.81 Å². The van der Waals surface area contributed by atoms with Crippen molar-refractivity contribution in [2.75, 3.05) is 0 Å². The lowest BCUT2D eigenvalue weighted by Gasteiger charge is -2.16. The zero-order chi connectivity index (χ0) is 10.6. The Labute approximate surface area is 92.9 Å². The molecule has 3 heteroatoms. The summed E-state index contributed by atoms with van der Waals surface area (Å²) in [6, 6.07) is 3.22. The molecule has 1 aromatic heterocycles. The van der Waals surface area contributed by atoms with Crippen molar-refractivity contribution in [3.8, 4) is 0 Å². The zero-order valence-electron chi connectivity index (χ0n) is 8.50. The summed E-state index contributed by atoms with van der Waals surface area (Å²) in [5.74, 6) is 0.0538. The van der Waals surface area contributed by atoms with Gasteiger partial charge in [-0.25, -0.2) is 4.39 Å². The molecule has 1 heterocycles. The quantitative estimate of drug-likeness (QED) is 0.748. The minimum absolute atomic E-state index is 0.275. The van der Waals surface area contributed by atoms with Crippen LogP contribution in [0.1, 0.15) is 38.3 Å². The second kappa shape index (κ2) is 5.44. The van der Waals surface area contributed by atoms with E-state index in [0.717, 1.165) is 18.5 Å². The maximum absolute atomic E-state index is 12.6. The van der Waals surface area contributed by atoms with Gasteiger partial charge in [-0.1, -0.05) is 36.2 Å². The molecule has 2 unspecified atom stereocenters. The van der Waals surface area contributed by atoms with Crippen LogP contribution < -0.4 is 0 Å². The van der Waals surface area contributed by atoms with Gasteiger partial charge in [0.2, 0.25) is 0 Å². The van der Waals surface area contributed by atoms with Crippen molar-refractivity contribution in [2.24, 2.45) is 0 Å². The number of alkyl halides is 1. The van der Waals surface area contributed by atoms with Crippen molar-refractivity contribution in [2.45, 2.75) is 37.4 Å². The first-order valence-corrected chi connectivity index (χ1v) is 5.82. The first-order valence-electron chi connectivity index (χ1n) is 4.90. The number of hydrogen-bond donors (Lipinski definition) is 0. The summed E-state index contributed by atoms with van der Waals surface area (Å²) in [6.07, 6.45) is 3.53. The highest BCUT2D eigenvalue weighted by molar-refractivity contribution is 9.09. The van der Waals surface area contributed by atoms with E-state index in [1.54, 1.807) is 6.07 Å². The third kappa shape index (κ3) is 3.05. The molecule has 0 bridgehead atoms. The van der Waals surface area contributed by atoms with Gasteiger partial charge in [0.15, 0.2) is 0 Å². The fourth-order valence-corrected chi connectivity index (χ4v) is 2.10. The Balaban J connectivity index is 2.68. The highest BCUT2D eigenvalue weighted by atomic mass is 79.9. The van der Waals surface area contributed by atoms with Gasteiger partial charge in [0, 0.05) is 16.4 Å². The Morgan fingerprint density at radius 1 is 1.50 bits per heavy atom. The molecule has 0 N–H and O–H groups in total. The van der Waals surface area contributed by atoms with Crippen molar-refractivity contribution < 1.29 is 4.39 Å². The number of rotatable bonds is 4. The van der Waals surface area contributed by atoms with Gasteiger partial charge in [0.1, 0.15) is 5.82 Å². The summed E-state index contributed by atoms with van der Waals surface area (Å²) in [7, 11) is 0. The third-order valence-corrected chi connectivity index (χ3v) is 3.57. The lowest BCUT2D eigenvalue weighted by Crippen LogP contribution is -2.10. The van der Waals surface area contributed by atoms with Crippen LogP contribution >= 0.6 is 15.9 Å². The van der Waals surface area contributed by atoms with E-state index in [9.17, 15) is 4.39 Å².